The lowest BCUT2D eigenvalue weighted by Crippen LogP contribution is -2.54. The first-order chi connectivity index (χ1) is 10.1. The lowest BCUT2D eigenvalue weighted by atomic mass is 9.98. The number of aliphatic imine (C=N–C) groups is 1. The standard InChI is InChI=1S/C16H34N4S/c1-16(2,20-11-7-5-8-12-20)14-19-15(17-3)18-10-6-9-13-21-4/h5-14H2,1-4H3,(H2,17,18,19). The minimum Gasteiger partial charge on any atom is -0.356 e. The zero-order valence-corrected chi connectivity index (χ0v) is 15.2. The van der Waals surface area contributed by atoms with Gasteiger partial charge in [-0.05, 0) is 64.6 Å². The number of hydrogen-bond acceptors (Lipinski definition) is 3. The molecular weight excluding hydrogens is 280 g/mol. The molecule has 0 amide bonds. The number of nitrogens with zero attached hydrogens (tertiary/aromatic N) is 2. The van der Waals surface area contributed by atoms with Crippen molar-refractivity contribution in [3.8, 4) is 0 Å². The maximum atomic E-state index is 4.32. The Kier molecular flexibility index (Phi) is 9.16. The molecule has 0 spiro atoms. The molecular formula is C16H34N4S. The fourth-order valence-electron chi connectivity index (χ4n) is 2.71. The molecule has 1 aliphatic rings. The normalized spacial score (nSPS) is 17.8. The molecule has 0 aliphatic carbocycles. The summed E-state index contributed by atoms with van der Waals surface area (Å²) in [5.74, 6) is 2.18. The van der Waals surface area contributed by atoms with E-state index in [9.17, 15) is 0 Å². The Bertz CT molecular complexity index is 299. The van der Waals surface area contributed by atoms with Gasteiger partial charge in [-0.1, -0.05) is 6.42 Å². The molecule has 21 heavy (non-hydrogen) atoms. The highest BCUT2D eigenvalue weighted by Gasteiger charge is 2.27. The van der Waals surface area contributed by atoms with Crippen molar-refractivity contribution >= 4 is 17.7 Å². The first-order valence-electron chi connectivity index (χ1n) is 8.28. The number of rotatable bonds is 8. The number of hydrogen-bond donors (Lipinski definition) is 2. The third-order valence-electron chi connectivity index (χ3n) is 4.19. The molecule has 0 bridgehead atoms. The van der Waals surface area contributed by atoms with Crippen LogP contribution < -0.4 is 10.6 Å². The zero-order valence-electron chi connectivity index (χ0n) is 14.4. The molecule has 4 nitrogen and oxygen atoms in total. The highest BCUT2D eigenvalue weighted by molar-refractivity contribution is 7.98. The van der Waals surface area contributed by atoms with Gasteiger partial charge in [0.2, 0.25) is 0 Å². The highest BCUT2D eigenvalue weighted by atomic mass is 32.2. The number of nitrogens with one attached hydrogen (secondary N) is 2. The van der Waals surface area contributed by atoms with Crippen molar-refractivity contribution < 1.29 is 0 Å². The van der Waals surface area contributed by atoms with E-state index in [2.05, 4.69) is 40.6 Å². The van der Waals surface area contributed by atoms with Crippen molar-refractivity contribution in [2.24, 2.45) is 4.99 Å². The van der Waals surface area contributed by atoms with Gasteiger partial charge in [-0.15, -0.1) is 0 Å². The van der Waals surface area contributed by atoms with Gasteiger partial charge in [0.05, 0.1) is 0 Å². The van der Waals surface area contributed by atoms with Crippen LogP contribution in [0.5, 0.6) is 0 Å². The van der Waals surface area contributed by atoms with Crippen molar-refractivity contribution in [3.05, 3.63) is 0 Å². The molecule has 1 saturated heterocycles. The summed E-state index contributed by atoms with van der Waals surface area (Å²) in [5.41, 5.74) is 0.191. The average molecular weight is 315 g/mol. The van der Waals surface area contributed by atoms with Gasteiger partial charge in [0.15, 0.2) is 5.96 Å². The molecule has 1 aliphatic heterocycles. The first kappa shape index (κ1) is 18.6. The summed E-state index contributed by atoms with van der Waals surface area (Å²) in [4.78, 5) is 6.93. The van der Waals surface area contributed by atoms with E-state index >= 15 is 0 Å². The monoisotopic (exact) mass is 314 g/mol. The Hall–Kier alpha value is -0.420. The van der Waals surface area contributed by atoms with Gasteiger partial charge in [-0.25, -0.2) is 0 Å². The van der Waals surface area contributed by atoms with Crippen LogP contribution in [-0.4, -0.2) is 61.6 Å². The molecule has 1 rings (SSSR count). The summed E-state index contributed by atoms with van der Waals surface area (Å²) in [6.45, 7) is 9.07. The lowest BCUT2D eigenvalue weighted by Gasteiger charge is -2.41. The van der Waals surface area contributed by atoms with Gasteiger partial charge in [-0.3, -0.25) is 9.89 Å². The van der Waals surface area contributed by atoms with Gasteiger partial charge in [0.1, 0.15) is 0 Å². The van der Waals surface area contributed by atoms with Crippen molar-refractivity contribution in [1.29, 1.82) is 0 Å². The zero-order chi connectivity index (χ0) is 15.6. The topological polar surface area (TPSA) is 39.7 Å². The third kappa shape index (κ3) is 7.41. The largest absolute Gasteiger partial charge is 0.356 e. The molecule has 1 fully saturated rings. The molecule has 5 heteroatoms. The fraction of sp³-hybridized carbons (Fsp3) is 0.938. The van der Waals surface area contributed by atoms with Crippen molar-refractivity contribution in [2.45, 2.75) is 51.5 Å². The molecule has 1 heterocycles. The molecule has 0 saturated carbocycles. The van der Waals surface area contributed by atoms with Gasteiger partial charge in [0.25, 0.3) is 0 Å². The van der Waals surface area contributed by atoms with E-state index in [0.717, 1.165) is 19.0 Å². The Balaban J connectivity index is 2.26. The van der Waals surface area contributed by atoms with E-state index in [-0.39, 0.29) is 5.54 Å². The lowest BCUT2D eigenvalue weighted by molar-refractivity contribution is 0.0982. The number of unbranched alkanes of at least 4 members (excludes halogenated alkanes) is 1. The Morgan fingerprint density at radius 2 is 1.86 bits per heavy atom. The number of piperidine rings is 1. The smallest absolute Gasteiger partial charge is 0.191 e. The molecule has 0 aromatic carbocycles. The van der Waals surface area contributed by atoms with Crippen LogP contribution in [0.25, 0.3) is 0 Å². The van der Waals surface area contributed by atoms with Crippen LogP contribution in [0.2, 0.25) is 0 Å². The molecule has 124 valence electrons. The van der Waals surface area contributed by atoms with E-state index in [0.29, 0.717) is 0 Å². The second-order valence-electron chi connectivity index (χ2n) is 6.41. The van der Waals surface area contributed by atoms with Crippen LogP contribution in [0.1, 0.15) is 46.0 Å². The van der Waals surface area contributed by atoms with Gasteiger partial charge in [0, 0.05) is 25.7 Å². The molecule has 0 unspecified atom stereocenters. The molecule has 0 radical (unpaired) electrons. The molecule has 0 aromatic heterocycles. The summed E-state index contributed by atoms with van der Waals surface area (Å²) in [5, 5.41) is 6.90. The van der Waals surface area contributed by atoms with Crippen LogP contribution in [0.3, 0.4) is 0 Å². The van der Waals surface area contributed by atoms with Crippen LogP contribution in [0.4, 0.5) is 0 Å². The van der Waals surface area contributed by atoms with Gasteiger partial charge in [-0.2, -0.15) is 11.8 Å². The second kappa shape index (κ2) is 10.3. The molecule has 0 atom stereocenters. The summed E-state index contributed by atoms with van der Waals surface area (Å²) in [7, 11) is 1.85. The number of thioether (sulfide) groups is 1. The van der Waals surface area contributed by atoms with Crippen LogP contribution in [0, 0.1) is 0 Å². The second-order valence-corrected chi connectivity index (χ2v) is 7.40. The molecule has 0 aromatic rings. The number of guanidine groups is 1. The van der Waals surface area contributed by atoms with E-state index in [1.807, 2.05) is 18.8 Å². The van der Waals surface area contributed by atoms with E-state index < -0.39 is 0 Å². The van der Waals surface area contributed by atoms with Crippen molar-refractivity contribution in [2.75, 3.05) is 45.2 Å². The van der Waals surface area contributed by atoms with Gasteiger partial charge >= 0.3 is 0 Å². The van der Waals surface area contributed by atoms with Crippen LogP contribution >= 0.6 is 11.8 Å². The predicted molar refractivity (Wildman–Crippen MR) is 96.5 cm³/mol. The van der Waals surface area contributed by atoms with E-state index in [4.69, 9.17) is 0 Å². The predicted octanol–water partition coefficient (Wildman–Crippen LogP) is 2.56. The maximum absolute atomic E-state index is 4.32. The number of likely N-dealkylation sites (tertiary alicyclic amines) is 1. The Morgan fingerprint density at radius 3 is 2.48 bits per heavy atom. The maximum Gasteiger partial charge on any atom is 0.191 e. The van der Waals surface area contributed by atoms with Crippen LogP contribution in [0.15, 0.2) is 4.99 Å². The molecule has 2 N–H and O–H groups in total. The summed E-state index contributed by atoms with van der Waals surface area (Å²) >= 11 is 1.92. The fourth-order valence-corrected chi connectivity index (χ4v) is 3.20. The van der Waals surface area contributed by atoms with Crippen molar-refractivity contribution in [1.82, 2.24) is 15.5 Å². The Labute approximate surface area is 135 Å². The van der Waals surface area contributed by atoms with E-state index in [1.54, 1.807) is 0 Å². The van der Waals surface area contributed by atoms with Gasteiger partial charge < -0.3 is 10.6 Å². The summed E-state index contributed by atoms with van der Waals surface area (Å²) in [6, 6.07) is 0. The summed E-state index contributed by atoms with van der Waals surface area (Å²) < 4.78 is 0. The quantitative estimate of drug-likeness (QED) is 0.410. The summed E-state index contributed by atoms with van der Waals surface area (Å²) in [6.07, 6.45) is 8.70. The highest BCUT2D eigenvalue weighted by Crippen LogP contribution is 2.19. The SMILES string of the molecule is CN=C(NCCCCSC)NCC(C)(C)N1CCCCC1. The third-order valence-corrected chi connectivity index (χ3v) is 4.89. The average Bonchev–Trinajstić information content (AvgIpc) is 2.51. The van der Waals surface area contributed by atoms with E-state index in [1.165, 1.54) is 50.9 Å². The minimum atomic E-state index is 0.191. The minimum absolute atomic E-state index is 0.191. The van der Waals surface area contributed by atoms with Crippen LogP contribution in [-0.2, 0) is 0 Å². The first-order valence-corrected chi connectivity index (χ1v) is 9.68. The van der Waals surface area contributed by atoms with Crippen molar-refractivity contribution in [3.63, 3.8) is 0 Å². The Morgan fingerprint density at radius 1 is 1.14 bits per heavy atom.